The monoisotopic (exact) mass is 348 g/mol. The molecule has 0 amide bonds. The minimum atomic E-state index is -0.186. The van der Waals surface area contributed by atoms with E-state index in [-0.39, 0.29) is 11.9 Å². The Morgan fingerprint density at radius 1 is 1.27 bits per heavy atom. The van der Waals surface area contributed by atoms with Crippen LogP contribution in [0.2, 0.25) is 0 Å². The second-order valence-corrected chi connectivity index (χ2v) is 7.09. The summed E-state index contributed by atoms with van der Waals surface area (Å²) in [5, 5.41) is 12.7. The number of benzene rings is 2. The fourth-order valence-electron chi connectivity index (χ4n) is 3.98. The Balaban J connectivity index is 1.73. The van der Waals surface area contributed by atoms with Gasteiger partial charge in [-0.1, -0.05) is 36.6 Å². The molecule has 1 heterocycles. The molecule has 0 saturated heterocycles. The number of halogens is 1. The number of nitrogens with zero attached hydrogens (tertiary/aromatic N) is 2. The SMILES string of the molecule is Cc1ccc(F)c(C(Nc2nc3c(C#N)cccc3[nH]2)C2CCCC2)c1. The quantitative estimate of drug-likeness (QED) is 0.679. The summed E-state index contributed by atoms with van der Waals surface area (Å²) < 4.78 is 14.6. The molecule has 4 rings (SSSR count). The number of anilines is 1. The molecule has 0 radical (unpaired) electrons. The third kappa shape index (κ3) is 3.03. The van der Waals surface area contributed by atoms with Crippen molar-refractivity contribution < 1.29 is 4.39 Å². The molecule has 26 heavy (non-hydrogen) atoms. The number of para-hydroxylation sites is 1. The molecule has 0 bridgehead atoms. The Morgan fingerprint density at radius 2 is 2.08 bits per heavy atom. The lowest BCUT2D eigenvalue weighted by Gasteiger charge is -2.25. The number of hydrogen-bond acceptors (Lipinski definition) is 3. The Hall–Kier alpha value is -2.87. The molecule has 3 aromatic rings. The summed E-state index contributed by atoms with van der Waals surface area (Å²) in [6.45, 7) is 1.98. The van der Waals surface area contributed by atoms with Gasteiger partial charge in [0.05, 0.1) is 17.1 Å². The number of aryl methyl sites for hydroxylation is 1. The second kappa shape index (κ2) is 6.80. The van der Waals surface area contributed by atoms with Gasteiger partial charge in [-0.15, -0.1) is 0 Å². The fourth-order valence-corrected chi connectivity index (χ4v) is 3.98. The third-order valence-electron chi connectivity index (χ3n) is 5.28. The van der Waals surface area contributed by atoms with E-state index in [0.29, 0.717) is 28.5 Å². The maximum absolute atomic E-state index is 14.6. The minimum absolute atomic E-state index is 0.136. The number of aromatic nitrogens is 2. The van der Waals surface area contributed by atoms with Crippen LogP contribution in [-0.4, -0.2) is 9.97 Å². The summed E-state index contributed by atoms with van der Waals surface area (Å²) in [4.78, 5) is 7.79. The van der Waals surface area contributed by atoms with Crippen molar-refractivity contribution >= 4 is 17.0 Å². The summed E-state index contributed by atoms with van der Waals surface area (Å²) in [7, 11) is 0. The van der Waals surface area contributed by atoms with Gasteiger partial charge in [-0.3, -0.25) is 0 Å². The predicted molar refractivity (Wildman–Crippen MR) is 100 cm³/mol. The van der Waals surface area contributed by atoms with Crippen LogP contribution in [0, 0.1) is 30.0 Å². The molecule has 5 heteroatoms. The highest BCUT2D eigenvalue weighted by Gasteiger charge is 2.29. The summed E-state index contributed by atoms with van der Waals surface area (Å²) >= 11 is 0. The third-order valence-corrected chi connectivity index (χ3v) is 5.28. The molecule has 0 aliphatic heterocycles. The summed E-state index contributed by atoms with van der Waals surface area (Å²) in [5.74, 6) is 0.768. The minimum Gasteiger partial charge on any atom is -0.349 e. The maximum Gasteiger partial charge on any atom is 0.201 e. The zero-order valence-electron chi connectivity index (χ0n) is 14.7. The number of H-pyrrole nitrogens is 1. The lowest BCUT2D eigenvalue weighted by atomic mass is 9.90. The van der Waals surface area contributed by atoms with Crippen LogP contribution in [-0.2, 0) is 0 Å². The van der Waals surface area contributed by atoms with E-state index in [0.717, 1.165) is 23.9 Å². The standard InChI is InChI=1S/C21H21FN4/c1-13-9-10-17(22)16(11-13)19(14-5-2-3-6-14)25-21-24-18-8-4-7-15(12-23)20(18)26-21/h4,7-11,14,19H,2-3,5-6H2,1H3,(H2,24,25,26). The van der Waals surface area contributed by atoms with Crippen molar-refractivity contribution in [1.29, 1.82) is 5.26 Å². The number of rotatable bonds is 4. The van der Waals surface area contributed by atoms with E-state index >= 15 is 0 Å². The van der Waals surface area contributed by atoms with Crippen LogP contribution < -0.4 is 5.32 Å². The average molecular weight is 348 g/mol. The number of hydrogen-bond donors (Lipinski definition) is 2. The van der Waals surface area contributed by atoms with E-state index in [4.69, 9.17) is 0 Å². The molecule has 2 N–H and O–H groups in total. The van der Waals surface area contributed by atoms with Crippen molar-refractivity contribution in [1.82, 2.24) is 9.97 Å². The van der Waals surface area contributed by atoms with E-state index < -0.39 is 0 Å². The predicted octanol–water partition coefficient (Wildman–Crippen LogP) is 5.23. The molecule has 1 saturated carbocycles. The first-order valence-corrected chi connectivity index (χ1v) is 9.07. The lowest BCUT2D eigenvalue weighted by Crippen LogP contribution is -2.21. The van der Waals surface area contributed by atoms with Gasteiger partial charge in [0.15, 0.2) is 0 Å². The zero-order valence-corrected chi connectivity index (χ0v) is 14.7. The number of imidazole rings is 1. The van der Waals surface area contributed by atoms with Crippen LogP contribution in [0.15, 0.2) is 36.4 Å². The van der Waals surface area contributed by atoms with Gasteiger partial charge in [-0.05, 0) is 43.9 Å². The van der Waals surface area contributed by atoms with E-state index in [2.05, 4.69) is 21.4 Å². The van der Waals surface area contributed by atoms with Gasteiger partial charge in [-0.25, -0.2) is 9.37 Å². The van der Waals surface area contributed by atoms with Gasteiger partial charge in [0.2, 0.25) is 5.95 Å². The molecule has 1 aromatic heterocycles. The van der Waals surface area contributed by atoms with Crippen molar-refractivity contribution in [2.24, 2.45) is 5.92 Å². The van der Waals surface area contributed by atoms with E-state index in [9.17, 15) is 9.65 Å². The molecule has 0 spiro atoms. The molecule has 2 aromatic carbocycles. The Labute approximate surface area is 152 Å². The summed E-state index contributed by atoms with van der Waals surface area (Å²) in [5.41, 5.74) is 3.72. The fraction of sp³-hybridized carbons (Fsp3) is 0.333. The van der Waals surface area contributed by atoms with Gasteiger partial charge >= 0.3 is 0 Å². The molecular weight excluding hydrogens is 327 g/mol. The largest absolute Gasteiger partial charge is 0.349 e. The first kappa shape index (κ1) is 16.6. The van der Waals surface area contributed by atoms with Crippen molar-refractivity contribution in [3.63, 3.8) is 0 Å². The molecule has 1 fully saturated rings. The Kier molecular flexibility index (Phi) is 4.34. The van der Waals surface area contributed by atoms with Crippen molar-refractivity contribution in [3.8, 4) is 6.07 Å². The Bertz CT molecular complexity index is 979. The molecule has 1 atom stereocenters. The highest BCUT2D eigenvalue weighted by Crippen LogP contribution is 2.39. The van der Waals surface area contributed by atoms with Crippen LogP contribution in [0.4, 0.5) is 10.3 Å². The van der Waals surface area contributed by atoms with Gasteiger partial charge in [0.1, 0.15) is 17.4 Å². The van der Waals surface area contributed by atoms with E-state index in [1.807, 2.05) is 25.1 Å². The van der Waals surface area contributed by atoms with Crippen LogP contribution >= 0.6 is 0 Å². The van der Waals surface area contributed by atoms with Crippen molar-refractivity contribution in [3.05, 3.63) is 58.9 Å². The molecule has 1 unspecified atom stereocenters. The van der Waals surface area contributed by atoms with Crippen LogP contribution in [0.5, 0.6) is 0 Å². The van der Waals surface area contributed by atoms with Crippen LogP contribution in [0.25, 0.3) is 11.0 Å². The first-order chi connectivity index (χ1) is 12.7. The van der Waals surface area contributed by atoms with E-state index in [1.165, 1.54) is 12.8 Å². The van der Waals surface area contributed by atoms with Crippen LogP contribution in [0.1, 0.15) is 48.4 Å². The lowest BCUT2D eigenvalue weighted by molar-refractivity contribution is 0.450. The molecular formula is C21H21FN4. The summed E-state index contributed by atoms with van der Waals surface area (Å²) in [6, 6.07) is 12.8. The topological polar surface area (TPSA) is 64.5 Å². The smallest absolute Gasteiger partial charge is 0.201 e. The number of nitriles is 1. The van der Waals surface area contributed by atoms with Gasteiger partial charge in [0.25, 0.3) is 0 Å². The Morgan fingerprint density at radius 3 is 2.85 bits per heavy atom. The highest BCUT2D eigenvalue weighted by molar-refractivity contribution is 5.83. The van der Waals surface area contributed by atoms with Gasteiger partial charge < -0.3 is 10.3 Å². The second-order valence-electron chi connectivity index (χ2n) is 7.09. The van der Waals surface area contributed by atoms with Crippen molar-refractivity contribution in [2.45, 2.75) is 38.6 Å². The molecule has 1 aliphatic rings. The zero-order chi connectivity index (χ0) is 18.1. The molecule has 1 aliphatic carbocycles. The number of nitrogens with one attached hydrogen (secondary N) is 2. The van der Waals surface area contributed by atoms with E-state index in [1.54, 1.807) is 18.2 Å². The average Bonchev–Trinajstić information content (AvgIpc) is 3.30. The molecule has 132 valence electrons. The van der Waals surface area contributed by atoms with Gasteiger partial charge in [0, 0.05) is 5.56 Å². The maximum atomic E-state index is 14.6. The van der Waals surface area contributed by atoms with Gasteiger partial charge in [-0.2, -0.15) is 5.26 Å². The normalized spacial score (nSPS) is 15.9. The van der Waals surface area contributed by atoms with Crippen molar-refractivity contribution in [2.75, 3.05) is 5.32 Å². The highest BCUT2D eigenvalue weighted by atomic mass is 19.1. The van der Waals surface area contributed by atoms with Crippen LogP contribution in [0.3, 0.4) is 0 Å². The first-order valence-electron chi connectivity index (χ1n) is 9.07. The number of fused-ring (bicyclic) bond motifs is 1. The summed E-state index contributed by atoms with van der Waals surface area (Å²) in [6.07, 6.45) is 4.51. The number of aromatic amines is 1. The molecule has 4 nitrogen and oxygen atoms in total.